The second-order valence-electron chi connectivity index (χ2n) is 5.74. The van der Waals surface area contributed by atoms with Crippen LogP contribution < -0.4 is 10.6 Å². The first-order valence-electron chi connectivity index (χ1n) is 7.96. The molecule has 0 unspecified atom stereocenters. The molecule has 0 saturated heterocycles. The highest BCUT2D eigenvalue weighted by Gasteiger charge is 2.20. The van der Waals surface area contributed by atoms with E-state index < -0.39 is 11.9 Å². The van der Waals surface area contributed by atoms with Gasteiger partial charge in [0.2, 0.25) is 0 Å². The topological polar surface area (TPSA) is 87.7 Å². The Hall–Kier alpha value is -3.02. The molecule has 25 heavy (non-hydrogen) atoms. The van der Waals surface area contributed by atoms with Gasteiger partial charge in [0.05, 0.1) is 13.0 Å². The summed E-state index contributed by atoms with van der Waals surface area (Å²) < 4.78 is 4.82. The molecule has 132 valence electrons. The SMILES string of the molecule is COC(=O)[C@H](CNC(=O)Nc1ccccc1C)Cc1ccc(O)cc1. The number of amides is 2. The fourth-order valence-corrected chi connectivity index (χ4v) is 2.42. The Morgan fingerprint density at radius 1 is 1.12 bits per heavy atom. The summed E-state index contributed by atoms with van der Waals surface area (Å²) in [6.07, 6.45) is 0.400. The number of ether oxygens (including phenoxy) is 1. The Morgan fingerprint density at radius 3 is 2.44 bits per heavy atom. The second-order valence-corrected chi connectivity index (χ2v) is 5.74. The standard InChI is InChI=1S/C19H22N2O4/c1-13-5-3-4-6-17(13)21-19(24)20-12-15(18(23)25-2)11-14-7-9-16(22)10-8-14/h3-10,15,22H,11-12H2,1-2H3,(H2,20,21,24)/t15-/m0/s1. The van der Waals surface area contributed by atoms with Gasteiger partial charge < -0.3 is 20.5 Å². The van der Waals surface area contributed by atoms with Crippen LogP contribution >= 0.6 is 0 Å². The molecule has 0 aliphatic rings. The third kappa shape index (κ3) is 5.53. The minimum Gasteiger partial charge on any atom is -0.508 e. The number of nitrogens with one attached hydrogen (secondary N) is 2. The molecule has 0 aliphatic carbocycles. The Labute approximate surface area is 146 Å². The summed E-state index contributed by atoms with van der Waals surface area (Å²) in [6.45, 7) is 2.04. The molecule has 6 heteroatoms. The van der Waals surface area contributed by atoms with E-state index in [0.29, 0.717) is 12.1 Å². The van der Waals surface area contributed by atoms with Gasteiger partial charge in [-0.05, 0) is 42.7 Å². The van der Waals surface area contributed by atoms with Gasteiger partial charge in [-0.3, -0.25) is 4.79 Å². The van der Waals surface area contributed by atoms with Gasteiger partial charge in [-0.1, -0.05) is 30.3 Å². The molecule has 3 N–H and O–H groups in total. The lowest BCUT2D eigenvalue weighted by atomic mass is 9.99. The monoisotopic (exact) mass is 342 g/mol. The summed E-state index contributed by atoms with van der Waals surface area (Å²) in [6, 6.07) is 13.6. The van der Waals surface area contributed by atoms with E-state index >= 15 is 0 Å². The largest absolute Gasteiger partial charge is 0.508 e. The molecule has 1 atom stereocenters. The van der Waals surface area contributed by atoms with Crippen molar-refractivity contribution in [2.75, 3.05) is 19.0 Å². The molecule has 2 aromatic carbocycles. The highest BCUT2D eigenvalue weighted by Crippen LogP contribution is 2.15. The number of methoxy groups -OCH3 is 1. The van der Waals surface area contributed by atoms with Crippen molar-refractivity contribution in [3.8, 4) is 5.75 Å². The van der Waals surface area contributed by atoms with Gasteiger partial charge in [0.1, 0.15) is 5.75 Å². The Balaban J connectivity index is 1.95. The maximum absolute atomic E-state index is 12.1. The Morgan fingerprint density at radius 2 is 1.80 bits per heavy atom. The lowest BCUT2D eigenvalue weighted by Gasteiger charge is -2.16. The normalized spacial score (nSPS) is 11.4. The number of esters is 1. The van der Waals surface area contributed by atoms with Gasteiger partial charge in [0, 0.05) is 12.2 Å². The minimum atomic E-state index is -0.517. The van der Waals surface area contributed by atoms with E-state index in [-0.39, 0.29) is 18.3 Å². The summed E-state index contributed by atoms with van der Waals surface area (Å²) in [4.78, 5) is 24.0. The smallest absolute Gasteiger partial charge is 0.319 e. The number of benzene rings is 2. The quantitative estimate of drug-likeness (QED) is 0.705. The van der Waals surface area contributed by atoms with Crippen LogP contribution in [0.4, 0.5) is 10.5 Å². The van der Waals surface area contributed by atoms with E-state index in [2.05, 4.69) is 10.6 Å². The number of phenols is 1. The number of aromatic hydroxyl groups is 1. The number of rotatable bonds is 6. The number of carbonyl (C=O) groups excluding carboxylic acids is 2. The van der Waals surface area contributed by atoms with Gasteiger partial charge in [0.15, 0.2) is 0 Å². The number of aryl methyl sites for hydroxylation is 1. The molecule has 0 saturated carbocycles. The summed E-state index contributed by atoms with van der Waals surface area (Å²) in [5.74, 6) is -0.754. The first kappa shape index (κ1) is 18.3. The van der Waals surface area contributed by atoms with Crippen molar-refractivity contribution in [1.82, 2.24) is 5.32 Å². The Kier molecular flexibility index (Phi) is 6.39. The summed E-state index contributed by atoms with van der Waals surface area (Å²) in [5.41, 5.74) is 2.54. The van der Waals surface area contributed by atoms with Crippen molar-refractivity contribution in [1.29, 1.82) is 0 Å². The van der Waals surface area contributed by atoms with Crippen molar-refractivity contribution in [2.45, 2.75) is 13.3 Å². The molecule has 0 heterocycles. The van der Waals surface area contributed by atoms with Crippen LogP contribution in [0.5, 0.6) is 5.75 Å². The molecule has 2 amide bonds. The molecule has 2 aromatic rings. The van der Waals surface area contributed by atoms with E-state index in [1.165, 1.54) is 7.11 Å². The average molecular weight is 342 g/mol. The maximum atomic E-state index is 12.1. The van der Waals surface area contributed by atoms with Crippen LogP contribution in [0, 0.1) is 12.8 Å². The maximum Gasteiger partial charge on any atom is 0.319 e. The van der Waals surface area contributed by atoms with Crippen LogP contribution in [0.25, 0.3) is 0 Å². The number of hydrogen-bond acceptors (Lipinski definition) is 4. The zero-order chi connectivity index (χ0) is 18.2. The molecule has 0 aromatic heterocycles. The fourth-order valence-electron chi connectivity index (χ4n) is 2.42. The first-order chi connectivity index (χ1) is 12.0. The van der Waals surface area contributed by atoms with Crippen LogP contribution in [-0.2, 0) is 16.0 Å². The predicted molar refractivity (Wildman–Crippen MR) is 95.5 cm³/mol. The van der Waals surface area contributed by atoms with Gasteiger partial charge in [-0.25, -0.2) is 4.79 Å². The van der Waals surface area contributed by atoms with Gasteiger partial charge in [0.25, 0.3) is 0 Å². The number of carbonyl (C=O) groups is 2. The molecule has 0 radical (unpaired) electrons. The van der Waals surface area contributed by atoms with E-state index in [9.17, 15) is 14.7 Å². The highest BCUT2D eigenvalue weighted by molar-refractivity contribution is 5.90. The van der Waals surface area contributed by atoms with Crippen LogP contribution in [0.15, 0.2) is 48.5 Å². The molecule has 6 nitrogen and oxygen atoms in total. The minimum absolute atomic E-state index is 0.144. The molecule has 2 rings (SSSR count). The van der Waals surface area contributed by atoms with Crippen LogP contribution in [0.1, 0.15) is 11.1 Å². The van der Waals surface area contributed by atoms with Crippen LogP contribution in [-0.4, -0.2) is 30.8 Å². The van der Waals surface area contributed by atoms with Crippen molar-refractivity contribution >= 4 is 17.7 Å². The molecular weight excluding hydrogens is 320 g/mol. The second kappa shape index (κ2) is 8.73. The molecule has 0 spiro atoms. The zero-order valence-electron chi connectivity index (χ0n) is 14.3. The van der Waals surface area contributed by atoms with Crippen LogP contribution in [0.3, 0.4) is 0 Å². The molecule has 0 fully saturated rings. The van der Waals surface area contributed by atoms with E-state index in [1.54, 1.807) is 24.3 Å². The number of anilines is 1. The number of hydrogen-bond donors (Lipinski definition) is 3. The molecule has 0 aliphatic heterocycles. The molecular formula is C19H22N2O4. The lowest BCUT2D eigenvalue weighted by Crippen LogP contribution is -2.37. The number of para-hydroxylation sites is 1. The van der Waals surface area contributed by atoms with Gasteiger partial charge >= 0.3 is 12.0 Å². The summed E-state index contributed by atoms with van der Waals surface area (Å²) in [7, 11) is 1.32. The summed E-state index contributed by atoms with van der Waals surface area (Å²) in [5, 5.41) is 14.8. The van der Waals surface area contributed by atoms with Gasteiger partial charge in [-0.2, -0.15) is 0 Å². The fraction of sp³-hybridized carbons (Fsp3) is 0.263. The van der Waals surface area contributed by atoms with E-state index in [4.69, 9.17) is 4.74 Å². The van der Waals surface area contributed by atoms with E-state index in [1.807, 2.05) is 31.2 Å². The zero-order valence-corrected chi connectivity index (χ0v) is 14.3. The van der Waals surface area contributed by atoms with E-state index in [0.717, 1.165) is 11.1 Å². The predicted octanol–water partition coefficient (Wildman–Crippen LogP) is 2.85. The first-order valence-corrected chi connectivity index (χ1v) is 7.96. The number of urea groups is 1. The van der Waals surface area contributed by atoms with Crippen molar-refractivity contribution < 1.29 is 19.4 Å². The molecule has 0 bridgehead atoms. The summed E-state index contributed by atoms with van der Waals surface area (Å²) >= 11 is 0. The third-order valence-electron chi connectivity index (χ3n) is 3.86. The van der Waals surface area contributed by atoms with Gasteiger partial charge in [-0.15, -0.1) is 0 Å². The van der Waals surface area contributed by atoms with Crippen LogP contribution in [0.2, 0.25) is 0 Å². The average Bonchev–Trinajstić information content (AvgIpc) is 2.61. The lowest BCUT2D eigenvalue weighted by molar-refractivity contribution is -0.145. The van der Waals surface area contributed by atoms with Crippen molar-refractivity contribution in [2.24, 2.45) is 5.92 Å². The highest BCUT2D eigenvalue weighted by atomic mass is 16.5. The van der Waals surface area contributed by atoms with Crippen molar-refractivity contribution in [3.63, 3.8) is 0 Å². The number of phenolic OH excluding ortho intramolecular Hbond substituents is 1. The Bertz CT molecular complexity index is 728. The van der Waals surface area contributed by atoms with Crippen molar-refractivity contribution in [3.05, 3.63) is 59.7 Å². The third-order valence-corrected chi connectivity index (χ3v) is 3.86.